The number of hydrogen-bond donors (Lipinski definition) is 1. The predicted molar refractivity (Wildman–Crippen MR) is 154 cm³/mol. The number of cyclic esters (lactones) is 1. The maximum atomic E-state index is 14.8. The van der Waals surface area contributed by atoms with E-state index in [9.17, 15) is 19.1 Å². The smallest absolute Gasteiger partial charge is 0.342 e. The summed E-state index contributed by atoms with van der Waals surface area (Å²) in [5.74, 6) is -3.39. The number of nitrogens with zero attached hydrogens (tertiary/aromatic N) is 2. The number of hydrogen-bond acceptors (Lipinski definition) is 10. The van der Waals surface area contributed by atoms with Crippen LogP contribution in [0.5, 0.6) is 5.75 Å². The number of carbonyl (C=O) groups excluding carboxylic acids is 2. The van der Waals surface area contributed by atoms with E-state index < -0.39 is 17.6 Å². The lowest BCUT2D eigenvalue weighted by molar-refractivity contribution is -0.185. The predicted octanol–water partition coefficient (Wildman–Crippen LogP) is 6.64. The molecule has 0 saturated carbocycles. The van der Waals surface area contributed by atoms with Crippen LogP contribution in [0.15, 0.2) is 77.0 Å². The number of aliphatic hydroxyl groups is 1. The van der Waals surface area contributed by atoms with Gasteiger partial charge in [0.05, 0.1) is 28.3 Å². The van der Waals surface area contributed by atoms with E-state index in [4.69, 9.17) is 9.47 Å². The van der Waals surface area contributed by atoms with Gasteiger partial charge in [0.25, 0.3) is 5.79 Å². The molecule has 3 aromatic heterocycles. The third kappa shape index (κ3) is 5.73. The molecule has 1 unspecified atom stereocenters. The number of carbonyl (C=O) groups is 2. The van der Waals surface area contributed by atoms with Crippen LogP contribution < -0.4 is 4.74 Å². The Bertz CT molecular complexity index is 1680. The molecule has 1 N–H and O–H groups in total. The van der Waals surface area contributed by atoms with Crippen molar-refractivity contribution in [1.29, 1.82) is 0 Å². The van der Waals surface area contributed by atoms with Crippen molar-refractivity contribution >= 4 is 63.3 Å². The lowest BCUT2D eigenvalue weighted by Gasteiger charge is -2.26. The lowest BCUT2D eigenvalue weighted by Crippen LogP contribution is -2.30. The van der Waals surface area contributed by atoms with Crippen molar-refractivity contribution in [2.75, 3.05) is 0 Å². The Morgan fingerprint density at radius 1 is 1.05 bits per heavy atom. The maximum Gasteiger partial charge on any atom is 0.342 e. The van der Waals surface area contributed by atoms with Crippen molar-refractivity contribution in [3.63, 3.8) is 0 Å². The molecule has 0 spiro atoms. The van der Waals surface area contributed by atoms with Gasteiger partial charge in [0.2, 0.25) is 0 Å². The van der Waals surface area contributed by atoms with Crippen molar-refractivity contribution in [1.82, 2.24) is 8.75 Å². The van der Waals surface area contributed by atoms with Crippen LogP contribution >= 0.6 is 34.4 Å². The van der Waals surface area contributed by atoms with Gasteiger partial charge in [0.1, 0.15) is 11.0 Å². The van der Waals surface area contributed by atoms with Crippen molar-refractivity contribution in [2.45, 2.75) is 32.2 Å². The van der Waals surface area contributed by atoms with Crippen molar-refractivity contribution in [3.05, 3.63) is 104 Å². The van der Waals surface area contributed by atoms with Gasteiger partial charge in [0, 0.05) is 22.4 Å². The minimum Gasteiger partial charge on any atom is -0.488 e. The van der Waals surface area contributed by atoms with Crippen LogP contribution in [0.3, 0.4) is 0 Å². The van der Waals surface area contributed by atoms with Crippen LogP contribution in [-0.4, -0.2) is 32.2 Å². The van der Waals surface area contributed by atoms with Gasteiger partial charge in [-0.15, -0.1) is 22.7 Å². The number of fused-ring (bicyclic) bond motifs is 1. The van der Waals surface area contributed by atoms with Gasteiger partial charge in [-0.2, -0.15) is 8.75 Å². The van der Waals surface area contributed by atoms with E-state index in [0.29, 0.717) is 22.2 Å². The van der Waals surface area contributed by atoms with Crippen LogP contribution in [-0.2, 0) is 21.7 Å². The number of rotatable bonds is 7. The van der Waals surface area contributed by atoms with E-state index in [1.807, 2.05) is 29.0 Å². The topological polar surface area (TPSA) is 98.6 Å². The number of ether oxygens (including phenoxy) is 2. The number of esters is 1. The zero-order valence-electron chi connectivity index (χ0n) is 21.4. The van der Waals surface area contributed by atoms with Gasteiger partial charge in [-0.05, 0) is 72.6 Å². The molecule has 1 atom stereocenters. The van der Waals surface area contributed by atoms with Crippen molar-refractivity contribution in [2.24, 2.45) is 0 Å². The Balaban J connectivity index is 0.000000403. The average Bonchev–Trinajstić information content (AvgIpc) is 3.74. The first-order valence-electron chi connectivity index (χ1n) is 12.2. The molecule has 0 fully saturated rings. The summed E-state index contributed by atoms with van der Waals surface area (Å²) >= 11 is 4.03. The first-order valence-corrected chi connectivity index (χ1v) is 14.7. The second-order valence-electron chi connectivity index (χ2n) is 9.06. The highest BCUT2D eigenvalue weighted by molar-refractivity contribution is 7.11. The summed E-state index contributed by atoms with van der Waals surface area (Å²) < 4.78 is 34.2. The highest BCUT2D eigenvalue weighted by Gasteiger charge is 2.48. The molecule has 11 heteroatoms. The first kappa shape index (κ1) is 27.8. The van der Waals surface area contributed by atoms with E-state index in [2.05, 4.69) is 8.75 Å². The summed E-state index contributed by atoms with van der Waals surface area (Å²) in [5, 5.41) is 15.5. The van der Waals surface area contributed by atoms with Crippen LogP contribution in [0.4, 0.5) is 4.39 Å². The number of thiophene rings is 2. The first-order chi connectivity index (χ1) is 19.3. The maximum absolute atomic E-state index is 14.8. The van der Waals surface area contributed by atoms with Gasteiger partial charge in [-0.1, -0.05) is 18.2 Å². The zero-order chi connectivity index (χ0) is 28.3. The fraction of sp³-hybridized carbons (Fsp3) is 0.172. The molecule has 1 aliphatic heterocycles. The van der Waals surface area contributed by atoms with Crippen LogP contribution in [0.25, 0.3) is 16.6 Å². The minimum absolute atomic E-state index is 0.0622. The van der Waals surface area contributed by atoms with E-state index >= 15 is 0 Å². The normalized spacial score (nSPS) is 16.7. The largest absolute Gasteiger partial charge is 0.488 e. The fourth-order valence-corrected chi connectivity index (χ4v) is 5.98. The molecule has 5 aromatic rings. The van der Waals surface area contributed by atoms with Crippen molar-refractivity contribution in [3.8, 4) is 5.75 Å². The number of aromatic nitrogens is 2. The summed E-state index contributed by atoms with van der Waals surface area (Å²) in [7, 11) is 0. The molecule has 40 heavy (non-hydrogen) atoms. The number of benzene rings is 2. The number of aldehydes is 1. The lowest BCUT2D eigenvalue weighted by atomic mass is 9.89. The number of halogens is 1. The second-order valence-corrected chi connectivity index (χ2v) is 11.6. The molecule has 7 nitrogen and oxygen atoms in total. The summed E-state index contributed by atoms with van der Waals surface area (Å²) in [6.07, 6.45) is 0.896. The molecule has 0 aliphatic carbocycles. The Morgan fingerprint density at radius 3 is 2.48 bits per heavy atom. The molecule has 1 aliphatic rings. The summed E-state index contributed by atoms with van der Waals surface area (Å²) in [6, 6.07) is 16.8. The Hall–Kier alpha value is -3.77. The van der Waals surface area contributed by atoms with Gasteiger partial charge >= 0.3 is 5.97 Å². The Labute approximate surface area is 241 Å². The molecule has 204 valence electrons. The van der Waals surface area contributed by atoms with E-state index in [1.54, 1.807) is 38.1 Å². The second kappa shape index (κ2) is 11.8. The van der Waals surface area contributed by atoms with Crippen LogP contribution in [0.2, 0.25) is 0 Å². The van der Waals surface area contributed by atoms with Gasteiger partial charge < -0.3 is 14.6 Å². The molecule has 0 amide bonds. The third-order valence-electron chi connectivity index (χ3n) is 5.97. The fourth-order valence-electron chi connectivity index (χ4n) is 4.22. The quantitative estimate of drug-likeness (QED) is 0.167. The van der Waals surface area contributed by atoms with Crippen LogP contribution in [0.1, 0.15) is 39.5 Å². The van der Waals surface area contributed by atoms with E-state index in [-0.39, 0.29) is 29.4 Å². The highest BCUT2D eigenvalue weighted by Crippen LogP contribution is 2.46. The molecule has 4 heterocycles. The monoisotopic (exact) mass is 594 g/mol. The molecule has 0 saturated heterocycles. The SMILES string of the molecule is CC(C)Oc1ccc(C2(O)OC(=O)C(c3ccc4nsnc4c3)=C2Cc2cccs2)cc1F.O=Cc1cccs1. The molecule has 6 rings (SSSR count). The van der Waals surface area contributed by atoms with Crippen molar-refractivity contribution < 1.29 is 28.6 Å². The molecular formula is C29H23FN2O5S3. The summed E-state index contributed by atoms with van der Waals surface area (Å²) in [6.45, 7) is 3.59. The van der Waals surface area contributed by atoms with Gasteiger partial charge in [0.15, 0.2) is 17.9 Å². The third-order valence-corrected chi connectivity index (χ3v) is 8.20. The molecule has 0 bridgehead atoms. The average molecular weight is 595 g/mol. The van der Waals surface area contributed by atoms with Gasteiger partial charge in [-0.3, -0.25) is 4.79 Å². The van der Waals surface area contributed by atoms with Gasteiger partial charge in [-0.25, -0.2) is 9.18 Å². The summed E-state index contributed by atoms with van der Waals surface area (Å²) in [4.78, 5) is 24.7. The Morgan fingerprint density at radius 2 is 1.82 bits per heavy atom. The van der Waals surface area contributed by atoms with E-state index in [0.717, 1.165) is 33.8 Å². The standard InChI is InChI=1S/C24H19FN2O4S2.C5H4OS/c1-13(2)30-21-8-6-15(11-18(21)25)24(29)17(12-16-4-3-9-32-16)22(23(28)31-24)14-5-7-19-20(10-14)27-33-26-19;6-4-5-2-1-3-7-5/h3-11,13,29H,12H2,1-2H3;1-4H. The van der Waals surface area contributed by atoms with E-state index in [1.165, 1.54) is 34.8 Å². The molecule has 2 aromatic carbocycles. The minimum atomic E-state index is -2.12. The molecular weight excluding hydrogens is 572 g/mol. The molecule has 0 radical (unpaired) electrons. The highest BCUT2D eigenvalue weighted by atomic mass is 32.1. The summed E-state index contributed by atoms with van der Waals surface area (Å²) in [5.41, 5.74) is 2.61. The van der Waals surface area contributed by atoms with Crippen LogP contribution in [0, 0.1) is 5.82 Å². The zero-order valence-corrected chi connectivity index (χ0v) is 23.8. The Kier molecular flexibility index (Phi) is 8.17.